The Balaban J connectivity index is 1.28. The third-order valence-electron chi connectivity index (χ3n) is 5.87. The van der Waals surface area contributed by atoms with Crippen molar-refractivity contribution in [3.8, 4) is 0 Å². The van der Waals surface area contributed by atoms with Crippen LogP contribution in [0.1, 0.15) is 50.0 Å². The number of aromatic nitrogens is 1. The van der Waals surface area contributed by atoms with E-state index in [1.807, 2.05) is 12.3 Å². The summed E-state index contributed by atoms with van der Waals surface area (Å²) in [7, 11) is 0. The highest BCUT2D eigenvalue weighted by molar-refractivity contribution is 5.73. The third kappa shape index (κ3) is 3.08. The van der Waals surface area contributed by atoms with Gasteiger partial charge in [-0.25, -0.2) is 0 Å². The normalized spacial score (nSPS) is 30.9. The summed E-state index contributed by atoms with van der Waals surface area (Å²) in [5, 5.41) is 3.51. The molecule has 4 aliphatic rings. The fourth-order valence-electron chi connectivity index (χ4n) is 4.48. The molecular weight excluding hydrogens is 326 g/mol. The van der Waals surface area contributed by atoms with Gasteiger partial charge in [0.2, 0.25) is 0 Å². The number of hydrogen-bond acceptors (Lipinski definition) is 5. The van der Waals surface area contributed by atoms with E-state index >= 15 is 0 Å². The molecule has 2 saturated heterocycles. The Bertz CT molecular complexity index is 737. The molecule has 5 nitrogen and oxygen atoms in total. The quantitative estimate of drug-likeness (QED) is 0.843. The van der Waals surface area contributed by atoms with E-state index in [1.165, 1.54) is 24.1 Å². The monoisotopic (exact) mass is 353 g/mol. The van der Waals surface area contributed by atoms with Crippen molar-refractivity contribution in [2.45, 2.75) is 57.1 Å². The molecule has 138 valence electrons. The molecule has 1 aliphatic carbocycles. The molecular formula is C21H27N3O2. The lowest BCUT2D eigenvalue weighted by atomic mass is 9.94. The van der Waals surface area contributed by atoms with Crippen molar-refractivity contribution in [3.63, 3.8) is 0 Å². The van der Waals surface area contributed by atoms with E-state index in [0.29, 0.717) is 6.10 Å². The predicted molar refractivity (Wildman–Crippen MR) is 100 cm³/mol. The summed E-state index contributed by atoms with van der Waals surface area (Å²) < 4.78 is 12.2. The molecule has 0 amide bonds. The number of nitrogens with one attached hydrogen (secondary N) is 1. The van der Waals surface area contributed by atoms with Crippen molar-refractivity contribution >= 4 is 5.57 Å². The van der Waals surface area contributed by atoms with Gasteiger partial charge in [0, 0.05) is 42.5 Å². The van der Waals surface area contributed by atoms with Gasteiger partial charge in [-0.3, -0.25) is 4.98 Å². The summed E-state index contributed by atoms with van der Waals surface area (Å²) in [4.78, 5) is 7.23. The number of piperidine rings is 1. The molecule has 3 atom stereocenters. The Morgan fingerprint density at radius 3 is 3.08 bits per heavy atom. The van der Waals surface area contributed by atoms with E-state index < -0.39 is 0 Å². The van der Waals surface area contributed by atoms with Crippen molar-refractivity contribution < 1.29 is 9.47 Å². The Labute approximate surface area is 155 Å². The first kappa shape index (κ1) is 16.5. The molecule has 0 aromatic carbocycles. The number of rotatable bonds is 4. The number of hydrogen-bond donors (Lipinski definition) is 1. The van der Waals surface area contributed by atoms with Gasteiger partial charge in [0.15, 0.2) is 6.23 Å². The van der Waals surface area contributed by atoms with Crippen LogP contribution in [-0.4, -0.2) is 48.0 Å². The first-order valence-electron chi connectivity index (χ1n) is 9.98. The Kier molecular flexibility index (Phi) is 4.31. The van der Waals surface area contributed by atoms with E-state index in [9.17, 15) is 0 Å². The molecule has 1 N–H and O–H groups in total. The summed E-state index contributed by atoms with van der Waals surface area (Å²) in [6.45, 7) is 5.79. The summed E-state index contributed by atoms with van der Waals surface area (Å²) in [6, 6.07) is 4.14. The molecule has 1 aromatic rings. The average Bonchev–Trinajstić information content (AvgIpc) is 3.44. The van der Waals surface area contributed by atoms with E-state index in [-0.39, 0.29) is 18.4 Å². The number of pyridine rings is 1. The second kappa shape index (κ2) is 6.80. The number of ether oxygens (including phenoxy) is 2. The molecule has 5 rings (SSSR count). The zero-order chi connectivity index (χ0) is 17.5. The third-order valence-corrected chi connectivity index (χ3v) is 5.87. The summed E-state index contributed by atoms with van der Waals surface area (Å²) >= 11 is 0. The fraction of sp³-hybridized carbons (Fsp3) is 0.571. The van der Waals surface area contributed by atoms with Gasteiger partial charge in [-0.05, 0) is 37.9 Å². The van der Waals surface area contributed by atoms with Gasteiger partial charge in [0.1, 0.15) is 6.10 Å². The van der Waals surface area contributed by atoms with Gasteiger partial charge < -0.3 is 19.7 Å². The molecule has 1 aromatic heterocycles. The summed E-state index contributed by atoms with van der Waals surface area (Å²) in [5.74, 6) is 0. The van der Waals surface area contributed by atoms with E-state index in [2.05, 4.69) is 40.3 Å². The van der Waals surface area contributed by atoms with Crippen LogP contribution in [0.4, 0.5) is 0 Å². The zero-order valence-electron chi connectivity index (χ0n) is 15.4. The Morgan fingerprint density at radius 1 is 1.35 bits per heavy atom. The van der Waals surface area contributed by atoms with Crippen LogP contribution >= 0.6 is 0 Å². The van der Waals surface area contributed by atoms with Crippen LogP contribution < -0.4 is 5.32 Å². The number of fused-ring (bicyclic) bond motifs is 4. The van der Waals surface area contributed by atoms with Crippen molar-refractivity contribution in [1.29, 1.82) is 0 Å². The maximum absolute atomic E-state index is 6.47. The van der Waals surface area contributed by atoms with Crippen LogP contribution in [0, 0.1) is 0 Å². The molecule has 26 heavy (non-hydrogen) atoms. The molecule has 3 unspecified atom stereocenters. The minimum atomic E-state index is 0.0930. The molecule has 0 spiro atoms. The van der Waals surface area contributed by atoms with Crippen LogP contribution in [0.25, 0.3) is 5.57 Å². The lowest BCUT2D eigenvalue weighted by molar-refractivity contribution is -0.0209. The highest BCUT2D eigenvalue weighted by Gasteiger charge is 2.45. The van der Waals surface area contributed by atoms with Gasteiger partial charge in [-0.15, -0.1) is 0 Å². The van der Waals surface area contributed by atoms with E-state index in [0.717, 1.165) is 43.7 Å². The minimum Gasteiger partial charge on any atom is -0.370 e. The van der Waals surface area contributed by atoms with Crippen molar-refractivity contribution in [3.05, 3.63) is 47.4 Å². The molecule has 0 saturated carbocycles. The Hall–Kier alpha value is -1.69. The molecule has 0 radical (unpaired) electrons. The van der Waals surface area contributed by atoms with Crippen LogP contribution in [0.15, 0.2) is 36.2 Å². The second-order valence-corrected chi connectivity index (χ2v) is 7.73. The lowest BCUT2D eigenvalue weighted by Crippen LogP contribution is -2.38. The van der Waals surface area contributed by atoms with Gasteiger partial charge in [-0.1, -0.05) is 19.1 Å². The maximum atomic E-state index is 6.47. The molecule has 3 aliphatic heterocycles. The largest absolute Gasteiger partial charge is 0.370 e. The fourth-order valence-corrected chi connectivity index (χ4v) is 4.48. The molecule has 0 bridgehead atoms. The standard InChI is InChI=1S/C21H27N3O2/c1-2-10-24-11-7-14(8-12-24)25-15-5-6-18-17(13-15)19-16(4-3-9-22-19)20-21(23-18)26-20/h3-6,9,14-15,20-21,23H,2,7-8,10-13H2,1H3. The van der Waals surface area contributed by atoms with Crippen molar-refractivity contribution in [1.82, 2.24) is 15.2 Å². The van der Waals surface area contributed by atoms with Crippen molar-refractivity contribution in [2.75, 3.05) is 19.6 Å². The summed E-state index contributed by atoms with van der Waals surface area (Å²) in [5.41, 5.74) is 4.70. The minimum absolute atomic E-state index is 0.0930. The van der Waals surface area contributed by atoms with Crippen LogP contribution in [0.2, 0.25) is 0 Å². The lowest BCUT2D eigenvalue weighted by Gasteiger charge is -2.34. The number of nitrogens with zero attached hydrogens (tertiary/aromatic N) is 2. The highest BCUT2D eigenvalue weighted by atomic mass is 16.6. The molecule has 2 fully saturated rings. The van der Waals surface area contributed by atoms with Crippen LogP contribution in [0.3, 0.4) is 0 Å². The maximum Gasteiger partial charge on any atom is 0.159 e. The van der Waals surface area contributed by atoms with Crippen LogP contribution in [-0.2, 0) is 9.47 Å². The van der Waals surface area contributed by atoms with Gasteiger partial charge in [-0.2, -0.15) is 0 Å². The van der Waals surface area contributed by atoms with E-state index in [4.69, 9.17) is 9.47 Å². The molecule has 4 heterocycles. The summed E-state index contributed by atoms with van der Waals surface area (Å²) in [6.07, 6.45) is 11.4. The van der Waals surface area contributed by atoms with Gasteiger partial charge >= 0.3 is 0 Å². The number of allylic oxidation sites excluding steroid dienone is 1. The van der Waals surface area contributed by atoms with Gasteiger partial charge in [0.05, 0.1) is 17.9 Å². The zero-order valence-corrected chi connectivity index (χ0v) is 15.4. The number of epoxide rings is 1. The predicted octanol–water partition coefficient (Wildman–Crippen LogP) is 3.01. The molecule has 5 heteroatoms. The first-order valence-corrected chi connectivity index (χ1v) is 9.98. The highest BCUT2D eigenvalue weighted by Crippen LogP contribution is 2.45. The average molecular weight is 353 g/mol. The van der Waals surface area contributed by atoms with Crippen LogP contribution in [0.5, 0.6) is 0 Å². The van der Waals surface area contributed by atoms with E-state index in [1.54, 1.807) is 0 Å². The Morgan fingerprint density at radius 2 is 2.23 bits per heavy atom. The second-order valence-electron chi connectivity index (χ2n) is 7.73. The smallest absolute Gasteiger partial charge is 0.159 e. The SMILES string of the molecule is CCCN1CCC(OC2C=CC3=C(C2)c2ncccc2C2OC2N3)CC1. The number of likely N-dealkylation sites (tertiary alicyclic amines) is 1. The van der Waals surface area contributed by atoms with Crippen molar-refractivity contribution in [2.24, 2.45) is 0 Å². The van der Waals surface area contributed by atoms with Gasteiger partial charge in [0.25, 0.3) is 0 Å². The topological polar surface area (TPSA) is 49.9 Å². The first-order chi connectivity index (χ1) is 12.8.